The average molecular weight is 1880 g/mol. The van der Waals surface area contributed by atoms with E-state index in [0.29, 0.717) is 146 Å². The van der Waals surface area contributed by atoms with Crippen molar-refractivity contribution >= 4 is 143 Å². The van der Waals surface area contributed by atoms with Crippen LogP contribution in [-0.2, 0) is 52.1 Å². The number of ether oxygens (including phenoxy) is 11. The van der Waals surface area contributed by atoms with Crippen molar-refractivity contribution in [3.63, 3.8) is 0 Å². The molecule has 2 aliphatic heterocycles. The highest BCUT2D eigenvalue weighted by Crippen LogP contribution is 2.44. The second-order valence-electron chi connectivity index (χ2n) is 27.4. The smallest absolute Gasteiger partial charge is 0.339 e. The number of hydrogen-bond acceptors (Lipinski definition) is 35. The Labute approximate surface area is 743 Å². The normalized spacial score (nSPS) is 17.4. The first kappa shape index (κ1) is 98.1. The summed E-state index contributed by atoms with van der Waals surface area (Å²) in [6.45, 7) is -6.59. The number of aromatic carboxylic acids is 16. The van der Waals surface area contributed by atoms with Crippen molar-refractivity contribution in [2.45, 2.75) is 54.8 Å². The molecule has 0 bridgehead atoms. The molecule has 0 spiro atoms. The zero-order chi connectivity index (χ0) is 99.7. The molecule has 0 aromatic heterocycles. The molecule has 0 aliphatic carbocycles. The molecule has 135 heavy (non-hydrogen) atoms. The average Bonchev–Trinajstić information content (AvgIpc) is 0.941. The lowest BCUT2D eigenvalue weighted by Gasteiger charge is -2.46. The van der Waals surface area contributed by atoms with Crippen LogP contribution in [0.4, 0.5) is 0 Å². The van der Waals surface area contributed by atoms with Crippen molar-refractivity contribution in [1.29, 1.82) is 0 Å². The third kappa shape index (κ3) is 20.3. The van der Waals surface area contributed by atoms with Crippen LogP contribution < -0.4 is 0 Å². The third-order valence-corrected chi connectivity index (χ3v) is 19.6. The van der Waals surface area contributed by atoms with Gasteiger partial charge >= 0.3 is 143 Å². The predicted molar refractivity (Wildman–Crippen MR) is 417 cm³/mol. The maximum absolute atomic E-state index is 15.7. The minimum Gasteiger partial charge on any atom is -0.478 e. The van der Waals surface area contributed by atoms with Gasteiger partial charge in [-0.2, -0.15) is 0 Å². The van der Waals surface area contributed by atoms with E-state index in [-0.39, 0.29) is 0 Å². The van der Waals surface area contributed by atoms with Gasteiger partial charge in [0.2, 0.25) is 12.1 Å². The molecule has 2 aliphatic rings. The van der Waals surface area contributed by atoms with Crippen LogP contribution in [-0.4, -0.2) is 300 Å². The molecule has 0 amide bonds. The first-order valence-corrected chi connectivity index (χ1v) is 36.9. The molecular weight excluding hydrogens is 1820 g/mol. The van der Waals surface area contributed by atoms with Crippen molar-refractivity contribution in [2.24, 2.45) is 0 Å². The molecule has 8 aromatic carbocycles. The standard InChI is InChI=1S/C84H54O51/c85-59(86)28-9-1-17-36(46(28)67(101)102)75(117)125-25-44-54(129-78(120)39-20-4-12-31(62(91)92)49(39)70(107)108)56(131-80(122)41-22-6-14-33(64(95)96)51(41)72(111)112)57(132-81(123)42-23-7-15-34(65(97)98)52(42)73(113)114)83(128-44)135-84(27-127-77(119)38-19-3-11-30(61(89)90)48(38)69(105)106)58(133-82(124)43-24-8-16-35(66(99)100)53(43)74(115)116)55(130-79(121)40-21-5-13-32(63(93)94)50(40)71(109)110)45(134-84)26-126-76(118)37-18-2-10-29(60(87)88)47(37)68(103)104/h1-24,44-45,54-58,83H,25-27H2,(H,85,86)(H,87,88)(H,89,90)(H,91,92)(H,93,94)(H,95,96)(H,97,98)(H,99,100)(H,101,102)(H,103,104)(H,105,106)(H,107,108)(H,109,110)(H,111,112)(H,113,114)(H,115,116)/t44-,45-,54-,55-,56+,57-,58+,83-,84+/m1/s1. The van der Waals surface area contributed by atoms with Crippen molar-refractivity contribution in [2.75, 3.05) is 19.8 Å². The molecule has 696 valence electrons. The van der Waals surface area contributed by atoms with E-state index in [1.165, 1.54) is 0 Å². The molecule has 0 radical (unpaired) electrons. The highest BCUT2D eigenvalue weighted by molar-refractivity contribution is 6.16. The summed E-state index contributed by atoms with van der Waals surface area (Å²) >= 11 is 0. The van der Waals surface area contributed by atoms with Gasteiger partial charge in [0.25, 0.3) is 0 Å². The molecule has 51 heteroatoms. The van der Waals surface area contributed by atoms with Crippen molar-refractivity contribution in [3.8, 4) is 0 Å². The Bertz CT molecular complexity index is 6520. The first-order chi connectivity index (χ1) is 63.6. The van der Waals surface area contributed by atoms with Crippen LogP contribution in [0.5, 0.6) is 0 Å². The lowest BCUT2D eigenvalue weighted by atomic mass is 9.95. The Hall–Kier alpha value is -19.1. The monoisotopic (exact) mass is 1880 g/mol. The van der Waals surface area contributed by atoms with Gasteiger partial charge in [-0.25, -0.2) is 115 Å². The zero-order valence-electron chi connectivity index (χ0n) is 66.5. The summed E-state index contributed by atoms with van der Waals surface area (Å²) < 4.78 is 65.2. The van der Waals surface area contributed by atoms with E-state index >= 15 is 28.8 Å². The van der Waals surface area contributed by atoms with E-state index in [4.69, 9.17) is 52.1 Å². The van der Waals surface area contributed by atoms with Crippen LogP contribution in [0.15, 0.2) is 146 Å². The predicted octanol–water partition coefficient (Wildman–Crippen LogP) is 4.69. The number of carbonyl (C=O) groups is 24. The minimum atomic E-state index is -4.49. The zero-order valence-corrected chi connectivity index (χ0v) is 66.5. The van der Waals surface area contributed by atoms with Crippen LogP contribution in [0.25, 0.3) is 0 Å². The van der Waals surface area contributed by atoms with Gasteiger partial charge in [-0.15, -0.1) is 0 Å². The Kier molecular flexibility index (Phi) is 29.1. The number of carbonyl (C=O) groups excluding carboxylic acids is 8. The molecule has 2 saturated heterocycles. The molecule has 10 rings (SSSR count). The summed E-state index contributed by atoms with van der Waals surface area (Å²) in [5.41, 5.74) is -35.0. The quantitative estimate of drug-likeness (QED) is 0.0185. The van der Waals surface area contributed by atoms with Crippen LogP contribution in [0, 0.1) is 0 Å². The van der Waals surface area contributed by atoms with Crippen molar-refractivity contribution < 1.29 is 249 Å². The lowest BCUT2D eigenvalue weighted by Crippen LogP contribution is -2.66. The third-order valence-electron chi connectivity index (χ3n) is 19.6. The van der Waals surface area contributed by atoms with Gasteiger partial charge in [-0.1, -0.05) is 48.5 Å². The second-order valence-corrected chi connectivity index (χ2v) is 27.4. The molecule has 0 unspecified atom stereocenters. The second kappa shape index (κ2) is 40.1. The fourth-order valence-electron chi connectivity index (χ4n) is 13.9. The molecule has 0 saturated carbocycles. The fraction of sp³-hybridized carbons (Fsp3) is 0.143. The molecule has 9 atom stereocenters. The summed E-state index contributed by atoms with van der Waals surface area (Å²) in [4.78, 5) is 330. The van der Waals surface area contributed by atoms with Crippen LogP contribution >= 0.6 is 0 Å². The molecule has 51 nitrogen and oxygen atoms in total. The van der Waals surface area contributed by atoms with Gasteiger partial charge in [-0.3, -0.25) is 0 Å². The molecule has 2 heterocycles. The first-order valence-electron chi connectivity index (χ1n) is 36.9. The van der Waals surface area contributed by atoms with E-state index in [1.807, 2.05) is 0 Å². The van der Waals surface area contributed by atoms with Crippen molar-refractivity contribution in [1.82, 2.24) is 0 Å². The summed E-state index contributed by atoms with van der Waals surface area (Å²) in [5, 5.41) is 167. The number of benzene rings is 8. The SMILES string of the molecule is O=C(O)c1cccc(C(=O)OC[C@H]2O[C@@](COC(=O)c3cccc(C(=O)O)c3C(=O)O)(O[C@H]3O[C@H](COC(=O)c4cccc(C(=O)O)c4C(=O)O)[C@@H](OC(=O)c4cccc(C(=O)O)c4C(=O)O)[C@H](OC(=O)c4cccc(C(=O)O)c4C(=O)O)[C@H]3OC(=O)c3cccc(C(=O)O)c3C(=O)O)[C@@H](OC(=O)c3cccc(C(=O)O)c3C(=O)O)[C@@H]2OC(=O)c2cccc(C(=O)O)c2C(=O)O)c1C(=O)O. The number of carboxylic acids is 16. The van der Waals surface area contributed by atoms with Gasteiger partial charge in [-0.05, 0) is 97.1 Å². The van der Waals surface area contributed by atoms with Crippen LogP contribution in [0.3, 0.4) is 0 Å². The number of esters is 8. The van der Waals surface area contributed by atoms with Gasteiger partial charge < -0.3 is 134 Å². The molecule has 2 fully saturated rings. The van der Waals surface area contributed by atoms with Gasteiger partial charge in [0.15, 0.2) is 30.5 Å². The molecule has 8 aromatic rings. The molecular formula is C84H54O51. The van der Waals surface area contributed by atoms with E-state index in [2.05, 4.69) is 0 Å². The lowest BCUT2D eigenvalue weighted by molar-refractivity contribution is -0.380. The maximum atomic E-state index is 15.7. The number of carboxylic acid groups (broad SMARTS) is 16. The highest BCUT2D eigenvalue weighted by atomic mass is 16.8. The molecule has 16 N–H and O–H groups in total. The van der Waals surface area contributed by atoms with E-state index < -0.39 is 351 Å². The number of hydrogen-bond donors (Lipinski definition) is 16. The van der Waals surface area contributed by atoms with Gasteiger partial charge in [0.1, 0.15) is 32.0 Å². The Morgan fingerprint density at radius 3 is 0.667 bits per heavy atom. The summed E-state index contributed by atoms with van der Waals surface area (Å²) in [6, 6.07) is 13.0. The summed E-state index contributed by atoms with van der Waals surface area (Å²) in [5.74, 6) is -59.2. The highest BCUT2D eigenvalue weighted by Gasteiger charge is 2.66. The van der Waals surface area contributed by atoms with Gasteiger partial charge in [0, 0.05) is 0 Å². The van der Waals surface area contributed by atoms with E-state index in [9.17, 15) is 168 Å². The Morgan fingerprint density at radius 2 is 0.422 bits per heavy atom. The summed E-state index contributed by atoms with van der Waals surface area (Å²) in [6.07, 6.45) is -27.9. The number of rotatable bonds is 37. The van der Waals surface area contributed by atoms with Crippen LogP contribution in [0.1, 0.15) is 249 Å². The van der Waals surface area contributed by atoms with Gasteiger partial charge in [0.05, 0.1) is 134 Å². The minimum absolute atomic E-state index is 0.388. The van der Waals surface area contributed by atoms with E-state index in [1.54, 1.807) is 0 Å². The van der Waals surface area contributed by atoms with Crippen molar-refractivity contribution in [3.05, 3.63) is 279 Å². The van der Waals surface area contributed by atoms with Crippen LogP contribution in [0.2, 0.25) is 0 Å². The Morgan fingerprint density at radius 1 is 0.222 bits per heavy atom. The maximum Gasteiger partial charge on any atom is 0.339 e. The Balaban J connectivity index is 1.39. The summed E-state index contributed by atoms with van der Waals surface area (Å²) in [7, 11) is 0. The largest absolute Gasteiger partial charge is 0.478 e. The fourth-order valence-corrected chi connectivity index (χ4v) is 13.9. The topological polar surface area (TPSA) is 835 Å². The van der Waals surface area contributed by atoms with E-state index in [0.717, 1.165) is 0 Å².